The van der Waals surface area contributed by atoms with E-state index in [1.165, 1.54) is 0 Å². The second kappa shape index (κ2) is 5.80. The average Bonchev–Trinajstić information content (AvgIpc) is 2.23. The number of carbonyl (C=O) groups is 1. The molecule has 0 atom stereocenters. The zero-order chi connectivity index (χ0) is 13.8. The fourth-order valence-electron chi connectivity index (χ4n) is 1.53. The fraction of sp³-hybridized carbons (Fsp3) is 0.615. The zero-order valence-electron chi connectivity index (χ0n) is 11.8. The Morgan fingerprint density at radius 1 is 1.33 bits per heavy atom. The largest absolute Gasteiger partial charge is 0.361 e. The number of rotatable bonds is 4. The number of hydrogen-bond acceptors (Lipinski definition) is 4. The Bertz CT molecular complexity index is 423. The number of aromatic nitrogens is 2. The van der Waals surface area contributed by atoms with Gasteiger partial charge < -0.3 is 10.6 Å². The third-order valence-corrected chi connectivity index (χ3v) is 2.20. The van der Waals surface area contributed by atoms with Crippen LogP contribution in [0.5, 0.6) is 0 Å². The van der Waals surface area contributed by atoms with Crippen LogP contribution in [0.2, 0.25) is 0 Å². The zero-order valence-corrected chi connectivity index (χ0v) is 11.8. The number of carbonyl (C=O) groups excluding carboxylic acids is 1. The van der Waals surface area contributed by atoms with E-state index in [0.717, 1.165) is 12.1 Å². The van der Waals surface area contributed by atoms with Crippen LogP contribution in [0.1, 0.15) is 39.2 Å². The first-order valence-electron chi connectivity index (χ1n) is 6.19. The molecule has 0 aliphatic heterocycles. The summed E-state index contributed by atoms with van der Waals surface area (Å²) in [6.45, 7) is 9.97. The maximum absolute atomic E-state index is 11.7. The van der Waals surface area contributed by atoms with Crippen molar-refractivity contribution in [3.05, 3.63) is 17.6 Å². The van der Waals surface area contributed by atoms with Gasteiger partial charge in [-0.05, 0) is 34.1 Å². The molecule has 0 bridgehead atoms. The van der Waals surface area contributed by atoms with Crippen molar-refractivity contribution < 1.29 is 4.79 Å². The molecule has 0 spiro atoms. The maximum atomic E-state index is 11.7. The van der Waals surface area contributed by atoms with Gasteiger partial charge in [0.25, 0.3) is 0 Å². The smallest absolute Gasteiger partial charge is 0.239 e. The number of hydrogen-bond donors (Lipinski definition) is 2. The molecule has 0 saturated carbocycles. The van der Waals surface area contributed by atoms with Crippen molar-refractivity contribution in [3.8, 4) is 0 Å². The van der Waals surface area contributed by atoms with E-state index in [9.17, 15) is 4.79 Å². The predicted molar refractivity (Wildman–Crippen MR) is 72.5 cm³/mol. The molecule has 0 unspecified atom stereocenters. The van der Waals surface area contributed by atoms with Crippen LogP contribution < -0.4 is 10.6 Å². The number of anilines is 1. The van der Waals surface area contributed by atoms with Gasteiger partial charge >= 0.3 is 0 Å². The van der Waals surface area contributed by atoms with E-state index < -0.39 is 0 Å². The molecule has 1 amide bonds. The highest BCUT2D eigenvalue weighted by molar-refractivity contribution is 5.81. The first kappa shape index (κ1) is 14.4. The number of nitrogens with zero attached hydrogens (tertiary/aromatic N) is 2. The van der Waals surface area contributed by atoms with Crippen LogP contribution in [0.3, 0.4) is 0 Å². The molecule has 0 aliphatic carbocycles. The first-order chi connectivity index (χ1) is 8.30. The molecule has 0 radical (unpaired) electrons. The van der Waals surface area contributed by atoms with Gasteiger partial charge in [0.1, 0.15) is 11.6 Å². The molecule has 100 valence electrons. The molecular formula is C13H22N4O. The van der Waals surface area contributed by atoms with E-state index in [4.69, 9.17) is 0 Å². The molecule has 0 saturated heterocycles. The van der Waals surface area contributed by atoms with E-state index in [2.05, 4.69) is 20.6 Å². The Kier molecular flexibility index (Phi) is 4.64. The molecule has 1 heterocycles. The van der Waals surface area contributed by atoms with Gasteiger partial charge in [0.15, 0.2) is 0 Å². The van der Waals surface area contributed by atoms with E-state index in [1.54, 1.807) is 0 Å². The predicted octanol–water partition coefficient (Wildman–Crippen LogP) is 1.67. The molecule has 5 nitrogen and oxygen atoms in total. The number of amides is 1. The van der Waals surface area contributed by atoms with Gasteiger partial charge in [-0.1, -0.05) is 6.92 Å². The van der Waals surface area contributed by atoms with Gasteiger partial charge in [0.2, 0.25) is 5.91 Å². The summed E-state index contributed by atoms with van der Waals surface area (Å²) in [5.41, 5.74) is 0.760. The summed E-state index contributed by atoms with van der Waals surface area (Å²) in [7, 11) is 0. The SMILES string of the molecule is CCc1cc(NCC(=O)NC(C)(C)C)nc(C)n1. The summed E-state index contributed by atoms with van der Waals surface area (Å²) >= 11 is 0. The van der Waals surface area contributed by atoms with E-state index in [0.29, 0.717) is 11.6 Å². The monoisotopic (exact) mass is 250 g/mol. The molecule has 5 heteroatoms. The normalized spacial score (nSPS) is 11.2. The lowest BCUT2D eigenvalue weighted by atomic mass is 10.1. The summed E-state index contributed by atoms with van der Waals surface area (Å²) < 4.78 is 0. The van der Waals surface area contributed by atoms with Crippen LogP contribution in [0.15, 0.2) is 6.07 Å². The van der Waals surface area contributed by atoms with Gasteiger partial charge in [0.05, 0.1) is 6.54 Å². The van der Waals surface area contributed by atoms with Crippen LogP contribution >= 0.6 is 0 Å². The van der Waals surface area contributed by atoms with Crippen LogP contribution in [-0.2, 0) is 11.2 Å². The van der Waals surface area contributed by atoms with Crippen molar-refractivity contribution in [3.63, 3.8) is 0 Å². The fourth-order valence-corrected chi connectivity index (χ4v) is 1.53. The maximum Gasteiger partial charge on any atom is 0.239 e. The summed E-state index contributed by atoms with van der Waals surface area (Å²) in [6.07, 6.45) is 0.853. The van der Waals surface area contributed by atoms with Crippen LogP contribution in [0, 0.1) is 6.92 Å². The Morgan fingerprint density at radius 2 is 2.00 bits per heavy atom. The molecule has 18 heavy (non-hydrogen) atoms. The summed E-state index contributed by atoms with van der Waals surface area (Å²) in [4.78, 5) is 20.2. The highest BCUT2D eigenvalue weighted by Gasteiger charge is 2.13. The minimum atomic E-state index is -0.213. The van der Waals surface area contributed by atoms with E-state index >= 15 is 0 Å². The standard InChI is InChI=1S/C13H22N4O/c1-6-10-7-11(16-9(2)15-10)14-8-12(18)17-13(3,4)5/h7H,6,8H2,1-5H3,(H,17,18)(H,14,15,16). The molecule has 0 aromatic carbocycles. The van der Waals surface area contributed by atoms with Crippen molar-refractivity contribution in [2.24, 2.45) is 0 Å². The molecule has 1 rings (SSSR count). The van der Waals surface area contributed by atoms with Gasteiger partial charge in [-0.25, -0.2) is 9.97 Å². The van der Waals surface area contributed by atoms with Crippen molar-refractivity contribution in [2.45, 2.75) is 46.6 Å². The van der Waals surface area contributed by atoms with Crippen molar-refractivity contribution in [1.82, 2.24) is 15.3 Å². The molecule has 1 aromatic rings. The van der Waals surface area contributed by atoms with Crippen molar-refractivity contribution >= 4 is 11.7 Å². The highest BCUT2D eigenvalue weighted by atomic mass is 16.2. The summed E-state index contributed by atoms with van der Waals surface area (Å²) in [5, 5.41) is 5.91. The Labute approximate surface area is 108 Å². The minimum Gasteiger partial charge on any atom is -0.361 e. The molecular weight excluding hydrogens is 228 g/mol. The molecule has 2 N–H and O–H groups in total. The number of nitrogens with one attached hydrogen (secondary N) is 2. The van der Waals surface area contributed by atoms with Crippen LogP contribution in [0.4, 0.5) is 5.82 Å². The van der Waals surface area contributed by atoms with E-state index in [-0.39, 0.29) is 18.0 Å². The summed E-state index contributed by atoms with van der Waals surface area (Å²) in [5.74, 6) is 1.37. The van der Waals surface area contributed by atoms with Gasteiger partial charge in [0, 0.05) is 17.3 Å². The quantitative estimate of drug-likeness (QED) is 0.853. The topological polar surface area (TPSA) is 66.9 Å². The lowest BCUT2D eigenvalue weighted by molar-refractivity contribution is -0.120. The third kappa shape index (κ3) is 5.12. The molecule has 0 aliphatic rings. The Balaban J connectivity index is 2.58. The molecule has 0 fully saturated rings. The first-order valence-corrected chi connectivity index (χ1v) is 6.19. The minimum absolute atomic E-state index is 0.0446. The second-order valence-electron chi connectivity index (χ2n) is 5.30. The van der Waals surface area contributed by atoms with Gasteiger partial charge in [-0.2, -0.15) is 0 Å². The Morgan fingerprint density at radius 3 is 2.56 bits per heavy atom. The van der Waals surface area contributed by atoms with Gasteiger partial charge in [-0.3, -0.25) is 4.79 Å². The number of aryl methyl sites for hydroxylation is 2. The highest BCUT2D eigenvalue weighted by Crippen LogP contribution is 2.07. The second-order valence-corrected chi connectivity index (χ2v) is 5.30. The average molecular weight is 250 g/mol. The third-order valence-electron chi connectivity index (χ3n) is 2.20. The Hall–Kier alpha value is -1.65. The summed E-state index contributed by atoms with van der Waals surface area (Å²) in [6, 6.07) is 1.87. The van der Waals surface area contributed by atoms with Crippen LogP contribution in [-0.4, -0.2) is 28.0 Å². The van der Waals surface area contributed by atoms with Crippen molar-refractivity contribution in [2.75, 3.05) is 11.9 Å². The lowest BCUT2D eigenvalue weighted by Gasteiger charge is -2.20. The van der Waals surface area contributed by atoms with Gasteiger partial charge in [-0.15, -0.1) is 0 Å². The lowest BCUT2D eigenvalue weighted by Crippen LogP contribution is -2.43. The van der Waals surface area contributed by atoms with Crippen molar-refractivity contribution in [1.29, 1.82) is 0 Å². The van der Waals surface area contributed by atoms with Crippen LogP contribution in [0.25, 0.3) is 0 Å². The van der Waals surface area contributed by atoms with E-state index in [1.807, 2.05) is 40.7 Å². The molecule has 1 aromatic heterocycles.